The van der Waals surface area contributed by atoms with Crippen LogP contribution in [-0.4, -0.2) is 23.5 Å². The molecule has 1 unspecified atom stereocenters. The molecule has 0 radical (unpaired) electrons. The molecule has 13 heavy (non-hydrogen) atoms. The maximum atomic E-state index is 10.9. The Balaban J connectivity index is 1.77. The summed E-state index contributed by atoms with van der Waals surface area (Å²) in [5.74, 6) is 0.135. The van der Waals surface area contributed by atoms with Gasteiger partial charge in [0.05, 0.1) is 11.2 Å². The Hall–Kier alpha value is -0.940. The average Bonchev–Trinajstić information content (AvgIpc) is 2.71. The largest absolute Gasteiger partial charge is 0.354 e. The van der Waals surface area contributed by atoms with Gasteiger partial charge in [0.15, 0.2) is 0 Å². The molecule has 0 aromatic carbocycles. The lowest BCUT2D eigenvalue weighted by Crippen LogP contribution is -2.30. The number of hydrogen-bond donors (Lipinski definition) is 2. The van der Waals surface area contributed by atoms with Gasteiger partial charge in [0.1, 0.15) is 0 Å². The molecule has 1 amide bonds. The van der Waals surface area contributed by atoms with E-state index < -0.39 is 0 Å². The van der Waals surface area contributed by atoms with Crippen molar-refractivity contribution in [3.05, 3.63) is 16.6 Å². The minimum absolute atomic E-state index is 0.135. The number of carbonyl (C=O) groups excluding carboxylic acids is 1. The van der Waals surface area contributed by atoms with Crippen LogP contribution in [0.25, 0.3) is 0 Å². The lowest BCUT2D eigenvalue weighted by atomic mass is 10.2. The number of thiazole rings is 1. The molecule has 1 atom stereocenters. The maximum absolute atomic E-state index is 10.9. The molecule has 4 nitrogen and oxygen atoms in total. The van der Waals surface area contributed by atoms with Gasteiger partial charge in [-0.25, -0.2) is 4.98 Å². The van der Waals surface area contributed by atoms with Crippen molar-refractivity contribution in [1.29, 1.82) is 0 Å². The molecule has 2 rings (SSSR count). The van der Waals surface area contributed by atoms with Gasteiger partial charge in [-0.1, -0.05) is 0 Å². The van der Waals surface area contributed by atoms with Crippen molar-refractivity contribution in [3.63, 3.8) is 0 Å². The summed E-state index contributed by atoms with van der Waals surface area (Å²) in [7, 11) is 0. The molecular formula is C8H11N3OS. The van der Waals surface area contributed by atoms with Crippen molar-refractivity contribution in [1.82, 2.24) is 15.6 Å². The van der Waals surface area contributed by atoms with Crippen LogP contribution in [0.15, 0.2) is 10.9 Å². The molecule has 1 fully saturated rings. The van der Waals surface area contributed by atoms with Gasteiger partial charge in [-0.2, -0.15) is 0 Å². The molecule has 1 aromatic heterocycles. The Morgan fingerprint density at radius 2 is 2.69 bits per heavy atom. The standard InChI is InChI=1S/C8H11N3OS/c12-8-1-6(2-10-8)9-3-7-4-13-5-11-7/h4-6,9H,1-3H2,(H,10,12). The van der Waals surface area contributed by atoms with Crippen LogP contribution in [0.2, 0.25) is 0 Å². The second kappa shape index (κ2) is 3.85. The fraction of sp³-hybridized carbons (Fsp3) is 0.500. The van der Waals surface area contributed by atoms with Crippen molar-refractivity contribution in [2.45, 2.75) is 19.0 Å². The molecule has 0 saturated carbocycles. The second-order valence-electron chi connectivity index (χ2n) is 3.07. The highest BCUT2D eigenvalue weighted by Gasteiger charge is 2.20. The van der Waals surface area contributed by atoms with E-state index in [1.807, 2.05) is 10.9 Å². The van der Waals surface area contributed by atoms with Crippen LogP contribution in [0, 0.1) is 0 Å². The number of hydrogen-bond acceptors (Lipinski definition) is 4. The molecule has 1 saturated heterocycles. The van der Waals surface area contributed by atoms with E-state index in [0.29, 0.717) is 6.42 Å². The van der Waals surface area contributed by atoms with Gasteiger partial charge in [0, 0.05) is 30.9 Å². The van der Waals surface area contributed by atoms with Crippen molar-refractivity contribution in [3.8, 4) is 0 Å². The van der Waals surface area contributed by atoms with Gasteiger partial charge in [0.25, 0.3) is 0 Å². The predicted octanol–water partition coefficient (Wildman–Crippen LogP) is 0.121. The maximum Gasteiger partial charge on any atom is 0.221 e. The summed E-state index contributed by atoms with van der Waals surface area (Å²) in [5, 5.41) is 8.07. The minimum Gasteiger partial charge on any atom is -0.354 e. The summed E-state index contributed by atoms with van der Waals surface area (Å²) < 4.78 is 0. The van der Waals surface area contributed by atoms with Crippen LogP contribution in [0.5, 0.6) is 0 Å². The lowest BCUT2D eigenvalue weighted by molar-refractivity contribution is -0.119. The van der Waals surface area contributed by atoms with E-state index in [-0.39, 0.29) is 11.9 Å². The van der Waals surface area contributed by atoms with Crippen LogP contribution in [-0.2, 0) is 11.3 Å². The highest BCUT2D eigenvalue weighted by Crippen LogP contribution is 2.03. The van der Waals surface area contributed by atoms with E-state index in [1.54, 1.807) is 11.3 Å². The lowest BCUT2D eigenvalue weighted by Gasteiger charge is -2.07. The van der Waals surface area contributed by atoms with Crippen molar-refractivity contribution in [2.75, 3.05) is 6.54 Å². The molecule has 1 aliphatic rings. The zero-order valence-electron chi connectivity index (χ0n) is 7.12. The Kier molecular flexibility index (Phi) is 2.56. The third-order valence-corrected chi connectivity index (χ3v) is 2.67. The van der Waals surface area contributed by atoms with Gasteiger partial charge < -0.3 is 10.6 Å². The zero-order chi connectivity index (χ0) is 9.10. The number of carbonyl (C=O) groups is 1. The Labute approximate surface area is 80.4 Å². The van der Waals surface area contributed by atoms with Crippen LogP contribution >= 0.6 is 11.3 Å². The minimum atomic E-state index is 0.135. The van der Waals surface area contributed by atoms with Gasteiger partial charge in [0.2, 0.25) is 5.91 Å². The molecule has 1 aromatic rings. The first kappa shape index (κ1) is 8.65. The first-order chi connectivity index (χ1) is 6.34. The fourth-order valence-electron chi connectivity index (χ4n) is 1.32. The molecule has 0 spiro atoms. The summed E-state index contributed by atoms with van der Waals surface area (Å²) >= 11 is 1.59. The molecule has 0 aliphatic carbocycles. The van der Waals surface area contributed by atoms with Gasteiger partial charge in [-0.3, -0.25) is 4.79 Å². The molecule has 1 aliphatic heterocycles. The highest BCUT2D eigenvalue weighted by atomic mass is 32.1. The number of nitrogens with zero attached hydrogens (tertiary/aromatic N) is 1. The van der Waals surface area contributed by atoms with Gasteiger partial charge in [-0.15, -0.1) is 11.3 Å². The van der Waals surface area contributed by atoms with E-state index in [9.17, 15) is 4.79 Å². The Morgan fingerprint density at radius 1 is 1.77 bits per heavy atom. The quantitative estimate of drug-likeness (QED) is 0.723. The smallest absolute Gasteiger partial charge is 0.221 e. The molecule has 70 valence electrons. The Morgan fingerprint density at radius 3 is 3.31 bits per heavy atom. The highest BCUT2D eigenvalue weighted by molar-refractivity contribution is 7.07. The first-order valence-corrected chi connectivity index (χ1v) is 5.16. The third kappa shape index (κ3) is 2.26. The summed E-state index contributed by atoms with van der Waals surface area (Å²) in [6.45, 7) is 1.49. The monoisotopic (exact) mass is 197 g/mol. The SMILES string of the molecule is O=C1CC(NCc2cscn2)CN1. The fourth-order valence-corrected chi connectivity index (χ4v) is 1.88. The number of nitrogens with one attached hydrogen (secondary N) is 2. The Bertz CT molecular complexity index is 286. The molecule has 0 bridgehead atoms. The van der Waals surface area contributed by atoms with E-state index >= 15 is 0 Å². The number of amides is 1. The van der Waals surface area contributed by atoms with Crippen molar-refractivity contribution >= 4 is 17.2 Å². The van der Waals surface area contributed by atoms with Crippen LogP contribution in [0.4, 0.5) is 0 Å². The van der Waals surface area contributed by atoms with E-state index in [2.05, 4.69) is 15.6 Å². The topological polar surface area (TPSA) is 54.0 Å². The van der Waals surface area contributed by atoms with Crippen LogP contribution in [0.3, 0.4) is 0 Å². The van der Waals surface area contributed by atoms with Crippen molar-refractivity contribution in [2.24, 2.45) is 0 Å². The van der Waals surface area contributed by atoms with E-state index in [4.69, 9.17) is 0 Å². The molecule has 2 N–H and O–H groups in total. The van der Waals surface area contributed by atoms with Gasteiger partial charge >= 0.3 is 0 Å². The summed E-state index contributed by atoms with van der Waals surface area (Å²) in [6, 6.07) is 0.272. The average molecular weight is 197 g/mol. The summed E-state index contributed by atoms with van der Waals surface area (Å²) in [6.07, 6.45) is 0.587. The summed E-state index contributed by atoms with van der Waals surface area (Å²) in [5.41, 5.74) is 2.86. The molecular weight excluding hydrogens is 186 g/mol. The second-order valence-corrected chi connectivity index (χ2v) is 3.78. The van der Waals surface area contributed by atoms with Crippen LogP contribution < -0.4 is 10.6 Å². The molecule has 5 heteroatoms. The zero-order valence-corrected chi connectivity index (χ0v) is 7.93. The van der Waals surface area contributed by atoms with Gasteiger partial charge in [-0.05, 0) is 0 Å². The first-order valence-electron chi connectivity index (χ1n) is 4.22. The third-order valence-electron chi connectivity index (χ3n) is 2.03. The number of rotatable bonds is 3. The van der Waals surface area contributed by atoms with Crippen molar-refractivity contribution < 1.29 is 4.79 Å². The van der Waals surface area contributed by atoms with E-state index in [0.717, 1.165) is 18.8 Å². The molecule has 2 heterocycles. The van der Waals surface area contributed by atoms with Crippen LogP contribution in [0.1, 0.15) is 12.1 Å². The number of aromatic nitrogens is 1. The predicted molar refractivity (Wildman–Crippen MR) is 50.4 cm³/mol. The van der Waals surface area contributed by atoms with E-state index in [1.165, 1.54) is 0 Å². The summed E-state index contributed by atoms with van der Waals surface area (Å²) in [4.78, 5) is 15.0. The normalized spacial score (nSPS) is 21.8.